The van der Waals surface area contributed by atoms with E-state index in [-0.39, 0.29) is 5.91 Å². The Morgan fingerprint density at radius 2 is 1.78 bits per heavy atom. The van der Waals surface area contributed by atoms with E-state index in [1.165, 1.54) is 6.08 Å². The van der Waals surface area contributed by atoms with Crippen LogP contribution in [0.5, 0.6) is 0 Å². The SMILES string of the molecule is CN(Cc1cccc(Cl)c1Cl)C(=O)/C=C/c1ccc(Cl)c(Cl)c1. The van der Waals surface area contributed by atoms with E-state index >= 15 is 0 Å². The molecule has 2 aromatic carbocycles. The molecule has 0 N–H and O–H groups in total. The number of carbonyl (C=O) groups excluding carboxylic acids is 1. The summed E-state index contributed by atoms with van der Waals surface area (Å²) in [6.07, 6.45) is 3.15. The fourth-order valence-corrected chi connectivity index (χ4v) is 2.60. The fraction of sp³-hybridized carbons (Fsp3) is 0.118. The number of halogens is 4. The lowest BCUT2D eigenvalue weighted by Crippen LogP contribution is -2.24. The highest BCUT2D eigenvalue weighted by Crippen LogP contribution is 2.26. The normalized spacial score (nSPS) is 11.0. The van der Waals surface area contributed by atoms with E-state index in [1.807, 2.05) is 6.07 Å². The van der Waals surface area contributed by atoms with Gasteiger partial charge in [-0.2, -0.15) is 0 Å². The summed E-state index contributed by atoms with van der Waals surface area (Å²) in [4.78, 5) is 13.7. The van der Waals surface area contributed by atoms with Crippen molar-refractivity contribution in [2.75, 3.05) is 7.05 Å². The Labute approximate surface area is 155 Å². The number of amides is 1. The van der Waals surface area contributed by atoms with Crippen LogP contribution >= 0.6 is 46.4 Å². The van der Waals surface area contributed by atoms with Crippen LogP contribution in [-0.4, -0.2) is 17.9 Å². The molecule has 0 fully saturated rings. The first-order chi connectivity index (χ1) is 10.9. The van der Waals surface area contributed by atoms with E-state index in [0.717, 1.165) is 11.1 Å². The maximum atomic E-state index is 12.2. The van der Waals surface area contributed by atoms with E-state index in [9.17, 15) is 4.79 Å². The van der Waals surface area contributed by atoms with Crippen molar-refractivity contribution in [3.8, 4) is 0 Å². The second-order valence-corrected chi connectivity index (χ2v) is 6.51. The summed E-state index contributed by atoms with van der Waals surface area (Å²) in [5.74, 6) is -0.160. The zero-order valence-corrected chi connectivity index (χ0v) is 15.2. The van der Waals surface area contributed by atoms with Gasteiger partial charge in [-0.1, -0.05) is 64.6 Å². The minimum atomic E-state index is -0.160. The Hall–Kier alpha value is -1.19. The molecule has 0 aliphatic rings. The first kappa shape index (κ1) is 18.2. The summed E-state index contributed by atoms with van der Waals surface area (Å²) in [6, 6.07) is 10.5. The maximum absolute atomic E-state index is 12.2. The Morgan fingerprint density at radius 1 is 1.04 bits per heavy atom. The first-order valence-electron chi connectivity index (χ1n) is 6.69. The lowest BCUT2D eigenvalue weighted by molar-refractivity contribution is -0.125. The van der Waals surface area contributed by atoms with Crippen molar-refractivity contribution < 1.29 is 4.79 Å². The highest BCUT2D eigenvalue weighted by molar-refractivity contribution is 6.42. The van der Waals surface area contributed by atoms with Crippen molar-refractivity contribution in [3.05, 3.63) is 73.7 Å². The van der Waals surface area contributed by atoms with Gasteiger partial charge in [-0.25, -0.2) is 0 Å². The van der Waals surface area contributed by atoms with Gasteiger partial charge < -0.3 is 4.90 Å². The van der Waals surface area contributed by atoms with Gasteiger partial charge >= 0.3 is 0 Å². The minimum Gasteiger partial charge on any atom is -0.338 e. The molecule has 0 aliphatic carbocycles. The average molecular weight is 389 g/mol. The maximum Gasteiger partial charge on any atom is 0.246 e. The second kappa shape index (κ2) is 8.07. The number of likely N-dealkylation sites (N-methyl/N-ethyl adjacent to an activating group) is 1. The monoisotopic (exact) mass is 387 g/mol. The van der Waals surface area contributed by atoms with E-state index in [2.05, 4.69) is 0 Å². The number of carbonyl (C=O) groups is 1. The van der Waals surface area contributed by atoms with Gasteiger partial charge in [0.1, 0.15) is 0 Å². The quantitative estimate of drug-likeness (QED) is 0.590. The van der Waals surface area contributed by atoms with Crippen LogP contribution in [0.2, 0.25) is 20.1 Å². The summed E-state index contributed by atoms with van der Waals surface area (Å²) in [5, 5.41) is 1.85. The van der Waals surface area contributed by atoms with Crippen LogP contribution in [0.1, 0.15) is 11.1 Å². The third kappa shape index (κ3) is 4.89. The molecular weight excluding hydrogens is 376 g/mol. The highest BCUT2D eigenvalue weighted by atomic mass is 35.5. The number of rotatable bonds is 4. The van der Waals surface area contributed by atoms with Crippen molar-refractivity contribution in [3.63, 3.8) is 0 Å². The largest absolute Gasteiger partial charge is 0.338 e. The molecule has 0 saturated heterocycles. The van der Waals surface area contributed by atoms with Crippen LogP contribution in [0.4, 0.5) is 0 Å². The number of nitrogens with zero attached hydrogens (tertiary/aromatic N) is 1. The molecule has 0 radical (unpaired) electrons. The molecule has 0 unspecified atom stereocenters. The topological polar surface area (TPSA) is 20.3 Å². The summed E-state index contributed by atoms with van der Waals surface area (Å²) in [6.45, 7) is 0.365. The number of benzene rings is 2. The highest BCUT2D eigenvalue weighted by Gasteiger charge is 2.10. The Balaban J connectivity index is 2.06. The summed E-state index contributed by atoms with van der Waals surface area (Å²) < 4.78 is 0. The molecule has 2 nitrogen and oxygen atoms in total. The van der Waals surface area contributed by atoms with Gasteiger partial charge in [-0.15, -0.1) is 0 Å². The zero-order chi connectivity index (χ0) is 17.0. The summed E-state index contributed by atoms with van der Waals surface area (Å²) in [5.41, 5.74) is 1.58. The van der Waals surface area contributed by atoms with Crippen molar-refractivity contribution in [2.45, 2.75) is 6.54 Å². The molecule has 0 heterocycles. The van der Waals surface area contributed by atoms with Crippen LogP contribution in [-0.2, 0) is 11.3 Å². The van der Waals surface area contributed by atoms with Crippen LogP contribution in [0.15, 0.2) is 42.5 Å². The molecule has 23 heavy (non-hydrogen) atoms. The molecule has 2 rings (SSSR count). The van der Waals surface area contributed by atoms with Crippen LogP contribution < -0.4 is 0 Å². The summed E-state index contributed by atoms with van der Waals surface area (Å²) in [7, 11) is 1.69. The van der Waals surface area contributed by atoms with Gasteiger partial charge in [0.25, 0.3) is 0 Å². The lowest BCUT2D eigenvalue weighted by Gasteiger charge is -2.16. The third-order valence-electron chi connectivity index (χ3n) is 3.18. The Bertz CT molecular complexity index is 758. The van der Waals surface area contributed by atoms with Gasteiger partial charge in [0.15, 0.2) is 0 Å². The molecular formula is C17H13Cl4NO. The second-order valence-electron chi connectivity index (χ2n) is 4.91. The van der Waals surface area contributed by atoms with Gasteiger partial charge in [-0.3, -0.25) is 4.79 Å². The van der Waals surface area contributed by atoms with Gasteiger partial charge in [0.2, 0.25) is 5.91 Å². The Kier molecular flexibility index (Phi) is 6.37. The molecule has 0 saturated carbocycles. The van der Waals surface area contributed by atoms with Crippen molar-refractivity contribution in [2.24, 2.45) is 0 Å². The predicted molar refractivity (Wildman–Crippen MR) is 98.4 cm³/mol. The third-order valence-corrected chi connectivity index (χ3v) is 4.77. The molecule has 0 spiro atoms. The van der Waals surface area contributed by atoms with E-state index in [0.29, 0.717) is 26.6 Å². The lowest BCUT2D eigenvalue weighted by atomic mass is 10.2. The number of hydrogen-bond acceptors (Lipinski definition) is 1. The molecule has 0 aliphatic heterocycles. The number of hydrogen-bond donors (Lipinski definition) is 0. The molecule has 0 aromatic heterocycles. The van der Waals surface area contributed by atoms with Crippen LogP contribution in [0.25, 0.3) is 6.08 Å². The van der Waals surface area contributed by atoms with Crippen molar-refractivity contribution in [1.82, 2.24) is 4.90 Å². The average Bonchev–Trinajstić information content (AvgIpc) is 2.52. The molecule has 0 atom stereocenters. The smallest absolute Gasteiger partial charge is 0.246 e. The Morgan fingerprint density at radius 3 is 2.48 bits per heavy atom. The van der Waals surface area contributed by atoms with Crippen LogP contribution in [0, 0.1) is 0 Å². The fourth-order valence-electron chi connectivity index (χ4n) is 1.91. The van der Waals surface area contributed by atoms with E-state index < -0.39 is 0 Å². The predicted octanol–water partition coefficient (Wildman–Crippen LogP) is 5.97. The molecule has 6 heteroatoms. The molecule has 1 amide bonds. The van der Waals surface area contributed by atoms with Crippen LogP contribution in [0.3, 0.4) is 0 Å². The molecule has 0 bridgehead atoms. The zero-order valence-electron chi connectivity index (χ0n) is 12.2. The van der Waals surface area contributed by atoms with E-state index in [4.69, 9.17) is 46.4 Å². The molecule has 120 valence electrons. The van der Waals surface area contributed by atoms with Crippen molar-refractivity contribution in [1.29, 1.82) is 0 Å². The van der Waals surface area contributed by atoms with Gasteiger partial charge in [-0.05, 0) is 35.4 Å². The van der Waals surface area contributed by atoms with E-state index in [1.54, 1.807) is 48.4 Å². The van der Waals surface area contributed by atoms with Crippen molar-refractivity contribution >= 4 is 58.4 Å². The van der Waals surface area contributed by atoms with Gasteiger partial charge in [0, 0.05) is 19.7 Å². The minimum absolute atomic E-state index is 0.160. The summed E-state index contributed by atoms with van der Waals surface area (Å²) >= 11 is 23.9. The van der Waals surface area contributed by atoms with Gasteiger partial charge in [0.05, 0.1) is 20.1 Å². The molecule has 2 aromatic rings. The first-order valence-corrected chi connectivity index (χ1v) is 8.21. The standard InChI is InChI=1S/C17H13Cl4NO/c1-22(10-12-3-2-4-14(19)17(12)21)16(23)8-6-11-5-7-13(18)15(20)9-11/h2-9H,10H2,1H3/b8-6+.